The third-order valence-electron chi connectivity index (χ3n) is 3.07. The minimum atomic E-state index is -0.699. The minimum absolute atomic E-state index is 0.315. The Hall–Kier alpha value is -0.610. The van der Waals surface area contributed by atoms with Crippen LogP contribution in [0.25, 0.3) is 0 Å². The molecule has 0 aromatic heterocycles. The van der Waals surface area contributed by atoms with Crippen molar-refractivity contribution < 1.29 is 14.6 Å². The fourth-order valence-electron chi connectivity index (χ4n) is 2.34. The number of hydrogen-bond acceptors (Lipinski definition) is 3. The van der Waals surface area contributed by atoms with E-state index >= 15 is 0 Å². The molecule has 4 heteroatoms. The molecule has 0 bridgehead atoms. The topological polar surface area (TPSA) is 49.8 Å². The van der Waals surface area contributed by atoms with Crippen molar-refractivity contribution in [1.82, 2.24) is 4.90 Å². The number of ether oxygens (including phenoxy) is 1. The lowest BCUT2D eigenvalue weighted by Crippen LogP contribution is -2.47. The van der Waals surface area contributed by atoms with E-state index in [0.29, 0.717) is 12.3 Å². The van der Waals surface area contributed by atoms with Gasteiger partial charge in [0, 0.05) is 13.7 Å². The molecule has 1 N–H and O–H groups in total. The number of carboxylic acid groups (broad SMARTS) is 1. The Morgan fingerprint density at radius 3 is 2.93 bits per heavy atom. The average Bonchev–Trinajstić information content (AvgIpc) is 2.19. The van der Waals surface area contributed by atoms with Gasteiger partial charge < -0.3 is 9.84 Å². The van der Waals surface area contributed by atoms with Gasteiger partial charge in [0.05, 0.1) is 6.61 Å². The molecule has 0 aliphatic carbocycles. The quantitative estimate of drug-likeness (QED) is 0.749. The van der Waals surface area contributed by atoms with E-state index in [-0.39, 0.29) is 6.04 Å². The summed E-state index contributed by atoms with van der Waals surface area (Å²) < 4.78 is 5.13. The van der Waals surface area contributed by atoms with Gasteiger partial charge in [-0.2, -0.15) is 0 Å². The molecule has 1 heterocycles. The van der Waals surface area contributed by atoms with Crippen LogP contribution in [0.15, 0.2) is 0 Å². The Balaban J connectivity index is 2.50. The van der Waals surface area contributed by atoms with Crippen molar-refractivity contribution in [2.75, 3.05) is 26.8 Å². The summed E-state index contributed by atoms with van der Waals surface area (Å²) in [5.41, 5.74) is 0. The van der Waals surface area contributed by atoms with Crippen LogP contribution in [0, 0.1) is 5.92 Å². The maximum absolute atomic E-state index is 11.0. The van der Waals surface area contributed by atoms with Crippen LogP contribution in [0.3, 0.4) is 0 Å². The maximum Gasteiger partial charge on any atom is 0.320 e. The molecule has 2 atom stereocenters. The molecule has 0 spiro atoms. The molecule has 0 saturated carbocycles. The Morgan fingerprint density at radius 1 is 1.67 bits per heavy atom. The van der Waals surface area contributed by atoms with Gasteiger partial charge in [0.25, 0.3) is 0 Å². The second kappa shape index (κ2) is 6.08. The van der Waals surface area contributed by atoms with Gasteiger partial charge in [-0.3, -0.25) is 9.69 Å². The van der Waals surface area contributed by atoms with Crippen LogP contribution in [0.1, 0.15) is 26.2 Å². The van der Waals surface area contributed by atoms with Gasteiger partial charge in [0.15, 0.2) is 0 Å². The summed E-state index contributed by atoms with van der Waals surface area (Å²) in [4.78, 5) is 13.1. The van der Waals surface area contributed by atoms with E-state index < -0.39 is 5.97 Å². The largest absolute Gasteiger partial charge is 0.480 e. The number of methoxy groups -OCH3 is 1. The Kier molecular flexibility index (Phi) is 5.05. The van der Waals surface area contributed by atoms with Crippen LogP contribution in [-0.4, -0.2) is 48.8 Å². The highest BCUT2D eigenvalue weighted by molar-refractivity contribution is 5.73. The summed E-state index contributed by atoms with van der Waals surface area (Å²) in [6.07, 6.45) is 2.91. The number of carbonyl (C=O) groups is 1. The molecule has 1 aliphatic rings. The van der Waals surface area contributed by atoms with Crippen molar-refractivity contribution in [3.05, 3.63) is 0 Å². The fraction of sp³-hybridized carbons (Fsp3) is 0.909. The van der Waals surface area contributed by atoms with Gasteiger partial charge in [0.1, 0.15) is 6.04 Å². The summed E-state index contributed by atoms with van der Waals surface area (Å²) in [6, 6.07) is -0.315. The lowest BCUT2D eigenvalue weighted by atomic mass is 9.97. The van der Waals surface area contributed by atoms with E-state index in [9.17, 15) is 4.79 Å². The Bertz CT molecular complexity index is 206. The number of rotatable bonds is 5. The molecule has 1 rings (SSSR count). The predicted molar refractivity (Wildman–Crippen MR) is 57.9 cm³/mol. The van der Waals surface area contributed by atoms with E-state index in [1.54, 1.807) is 7.11 Å². The molecule has 15 heavy (non-hydrogen) atoms. The van der Waals surface area contributed by atoms with E-state index in [0.717, 1.165) is 32.5 Å². The number of hydrogen-bond donors (Lipinski definition) is 1. The molecule has 88 valence electrons. The number of piperidine rings is 1. The maximum atomic E-state index is 11.0. The van der Waals surface area contributed by atoms with Gasteiger partial charge >= 0.3 is 5.97 Å². The number of likely N-dealkylation sites (tertiary alicyclic amines) is 1. The van der Waals surface area contributed by atoms with Crippen LogP contribution in [0.2, 0.25) is 0 Å². The molecule has 1 fully saturated rings. The lowest BCUT2D eigenvalue weighted by molar-refractivity contribution is -0.144. The SMILES string of the molecule is CC[C@H](C(=O)O)N1CCC[C@H](COC)C1. The predicted octanol–water partition coefficient (Wildman–Crippen LogP) is 1.21. The zero-order valence-electron chi connectivity index (χ0n) is 9.61. The van der Waals surface area contributed by atoms with Crippen LogP contribution >= 0.6 is 0 Å². The molecular weight excluding hydrogens is 194 g/mol. The number of nitrogens with zero attached hydrogens (tertiary/aromatic N) is 1. The molecule has 1 saturated heterocycles. The van der Waals surface area contributed by atoms with Gasteiger partial charge in [0.2, 0.25) is 0 Å². The molecule has 1 aliphatic heterocycles. The third-order valence-corrected chi connectivity index (χ3v) is 3.07. The first kappa shape index (κ1) is 12.5. The highest BCUT2D eigenvalue weighted by atomic mass is 16.5. The smallest absolute Gasteiger partial charge is 0.320 e. The average molecular weight is 215 g/mol. The molecule has 0 unspecified atom stereocenters. The van der Waals surface area contributed by atoms with Crippen molar-refractivity contribution in [1.29, 1.82) is 0 Å². The summed E-state index contributed by atoms with van der Waals surface area (Å²) in [5.74, 6) is -0.201. The monoisotopic (exact) mass is 215 g/mol. The van der Waals surface area contributed by atoms with Crippen LogP contribution in [-0.2, 0) is 9.53 Å². The summed E-state index contributed by atoms with van der Waals surface area (Å²) in [5, 5.41) is 9.07. The molecule has 0 amide bonds. The summed E-state index contributed by atoms with van der Waals surface area (Å²) in [7, 11) is 1.70. The first-order chi connectivity index (χ1) is 7.19. The van der Waals surface area contributed by atoms with Crippen molar-refractivity contribution >= 4 is 5.97 Å². The summed E-state index contributed by atoms with van der Waals surface area (Å²) in [6.45, 7) is 4.44. The highest BCUT2D eigenvalue weighted by Gasteiger charge is 2.28. The van der Waals surface area contributed by atoms with Crippen molar-refractivity contribution in [2.45, 2.75) is 32.2 Å². The second-order valence-electron chi connectivity index (χ2n) is 4.22. The van der Waals surface area contributed by atoms with Crippen molar-refractivity contribution in [3.63, 3.8) is 0 Å². The van der Waals surface area contributed by atoms with Gasteiger partial charge in [-0.15, -0.1) is 0 Å². The van der Waals surface area contributed by atoms with E-state index in [1.165, 1.54) is 0 Å². The van der Waals surface area contributed by atoms with Crippen LogP contribution in [0.4, 0.5) is 0 Å². The van der Waals surface area contributed by atoms with E-state index in [4.69, 9.17) is 9.84 Å². The van der Waals surface area contributed by atoms with Crippen LogP contribution in [0.5, 0.6) is 0 Å². The Morgan fingerprint density at radius 2 is 2.40 bits per heavy atom. The molecule has 0 radical (unpaired) electrons. The minimum Gasteiger partial charge on any atom is -0.480 e. The van der Waals surface area contributed by atoms with Crippen molar-refractivity contribution in [2.24, 2.45) is 5.92 Å². The molecule has 4 nitrogen and oxygen atoms in total. The zero-order valence-corrected chi connectivity index (χ0v) is 9.61. The molecule has 0 aromatic rings. The fourth-order valence-corrected chi connectivity index (χ4v) is 2.34. The van der Waals surface area contributed by atoms with E-state index in [2.05, 4.69) is 4.90 Å². The standard InChI is InChI=1S/C11H21NO3/c1-3-10(11(13)14)12-6-4-5-9(7-12)8-15-2/h9-10H,3-8H2,1-2H3,(H,13,14)/t9-,10+/m0/s1. The highest BCUT2D eigenvalue weighted by Crippen LogP contribution is 2.19. The molecular formula is C11H21NO3. The number of aliphatic carboxylic acids is 1. The second-order valence-corrected chi connectivity index (χ2v) is 4.22. The third kappa shape index (κ3) is 3.47. The first-order valence-electron chi connectivity index (χ1n) is 5.64. The van der Waals surface area contributed by atoms with Gasteiger partial charge in [-0.05, 0) is 31.7 Å². The van der Waals surface area contributed by atoms with Gasteiger partial charge in [-0.25, -0.2) is 0 Å². The molecule has 0 aromatic carbocycles. The lowest BCUT2D eigenvalue weighted by Gasteiger charge is -2.35. The van der Waals surface area contributed by atoms with E-state index in [1.807, 2.05) is 6.92 Å². The normalized spacial score (nSPS) is 25.1. The number of carboxylic acids is 1. The van der Waals surface area contributed by atoms with Gasteiger partial charge in [-0.1, -0.05) is 6.92 Å². The first-order valence-corrected chi connectivity index (χ1v) is 5.64. The van der Waals surface area contributed by atoms with Crippen LogP contribution < -0.4 is 0 Å². The zero-order chi connectivity index (χ0) is 11.3. The Labute approximate surface area is 91.2 Å². The van der Waals surface area contributed by atoms with Crippen molar-refractivity contribution in [3.8, 4) is 0 Å². The summed E-state index contributed by atoms with van der Waals surface area (Å²) >= 11 is 0.